The fourth-order valence-electron chi connectivity index (χ4n) is 2.25. The van der Waals surface area contributed by atoms with E-state index in [9.17, 15) is 0 Å². The predicted octanol–water partition coefficient (Wildman–Crippen LogP) is 3.36. The SMILES string of the molecule is COc1cc(CNCC2CSCCS2)c(SC)cc1OC. The van der Waals surface area contributed by atoms with Gasteiger partial charge in [0, 0.05) is 40.5 Å². The van der Waals surface area contributed by atoms with Gasteiger partial charge in [-0.15, -0.1) is 11.8 Å². The van der Waals surface area contributed by atoms with Crippen LogP contribution < -0.4 is 14.8 Å². The highest BCUT2D eigenvalue weighted by molar-refractivity contribution is 8.06. The summed E-state index contributed by atoms with van der Waals surface area (Å²) in [6.07, 6.45) is 2.10. The van der Waals surface area contributed by atoms with E-state index in [-0.39, 0.29) is 0 Å². The first kappa shape index (κ1) is 17.2. The van der Waals surface area contributed by atoms with Gasteiger partial charge in [-0.1, -0.05) is 0 Å². The molecule has 3 nitrogen and oxygen atoms in total. The van der Waals surface area contributed by atoms with Crippen molar-refractivity contribution in [1.29, 1.82) is 0 Å². The highest BCUT2D eigenvalue weighted by atomic mass is 32.2. The standard InChI is InChI=1S/C15H23NO2S3/c1-17-13-6-11(15(19-3)7-14(13)18-2)8-16-9-12-10-20-4-5-21-12/h6-7,12,16H,4-5,8-10H2,1-3H3. The summed E-state index contributed by atoms with van der Waals surface area (Å²) in [6, 6.07) is 4.14. The van der Waals surface area contributed by atoms with Gasteiger partial charge in [0.2, 0.25) is 0 Å². The predicted molar refractivity (Wildman–Crippen MR) is 96.6 cm³/mol. The van der Waals surface area contributed by atoms with Crippen LogP contribution in [0.15, 0.2) is 17.0 Å². The lowest BCUT2D eigenvalue weighted by molar-refractivity contribution is 0.353. The van der Waals surface area contributed by atoms with Crippen LogP contribution in [0, 0.1) is 0 Å². The lowest BCUT2D eigenvalue weighted by Gasteiger charge is -2.21. The van der Waals surface area contributed by atoms with Crippen LogP contribution in [0.4, 0.5) is 0 Å². The number of hydrogen-bond acceptors (Lipinski definition) is 6. The van der Waals surface area contributed by atoms with Gasteiger partial charge >= 0.3 is 0 Å². The zero-order chi connectivity index (χ0) is 15.1. The minimum Gasteiger partial charge on any atom is -0.493 e. The van der Waals surface area contributed by atoms with Crippen LogP contribution in [-0.2, 0) is 6.54 Å². The number of rotatable bonds is 7. The molecule has 1 aromatic carbocycles. The first-order valence-electron chi connectivity index (χ1n) is 6.97. The van der Waals surface area contributed by atoms with E-state index in [1.807, 2.05) is 0 Å². The van der Waals surface area contributed by atoms with Gasteiger partial charge in [0.25, 0.3) is 0 Å². The summed E-state index contributed by atoms with van der Waals surface area (Å²) in [5.41, 5.74) is 1.27. The van der Waals surface area contributed by atoms with E-state index in [2.05, 4.69) is 47.2 Å². The smallest absolute Gasteiger partial charge is 0.161 e. The third-order valence-corrected chi connectivity index (χ3v) is 7.02. The van der Waals surface area contributed by atoms with Gasteiger partial charge in [0.05, 0.1) is 14.2 Å². The molecule has 21 heavy (non-hydrogen) atoms. The number of ether oxygens (including phenoxy) is 2. The van der Waals surface area contributed by atoms with Crippen molar-refractivity contribution in [2.45, 2.75) is 16.7 Å². The molecule has 0 bridgehead atoms. The van der Waals surface area contributed by atoms with Gasteiger partial charge in [-0.25, -0.2) is 0 Å². The molecule has 1 saturated heterocycles. The normalized spacial score (nSPS) is 18.5. The average Bonchev–Trinajstić information content (AvgIpc) is 2.55. The van der Waals surface area contributed by atoms with E-state index in [0.29, 0.717) is 0 Å². The molecule has 1 atom stereocenters. The van der Waals surface area contributed by atoms with Crippen LogP contribution in [0.2, 0.25) is 0 Å². The Balaban J connectivity index is 1.97. The molecular weight excluding hydrogens is 322 g/mol. The summed E-state index contributed by atoms with van der Waals surface area (Å²) in [5, 5.41) is 4.33. The monoisotopic (exact) mass is 345 g/mol. The molecule has 6 heteroatoms. The molecule has 1 heterocycles. The van der Waals surface area contributed by atoms with Crippen molar-refractivity contribution in [1.82, 2.24) is 5.32 Å². The van der Waals surface area contributed by atoms with Crippen LogP contribution in [0.1, 0.15) is 5.56 Å². The van der Waals surface area contributed by atoms with E-state index < -0.39 is 0 Å². The number of thioether (sulfide) groups is 3. The Morgan fingerprint density at radius 2 is 2.00 bits per heavy atom. The van der Waals surface area contributed by atoms with Crippen LogP contribution in [-0.4, -0.2) is 49.5 Å². The molecule has 1 N–H and O–H groups in total. The van der Waals surface area contributed by atoms with Crippen molar-refractivity contribution in [2.24, 2.45) is 0 Å². The highest BCUT2D eigenvalue weighted by Crippen LogP contribution is 2.34. The average molecular weight is 346 g/mol. The third kappa shape index (κ3) is 4.91. The van der Waals surface area contributed by atoms with E-state index in [4.69, 9.17) is 9.47 Å². The van der Waals surface area contributed by atoms with E-state index in [1.54, 1.807) is 26.0 Å². The van der Waals surface area contributed by atoms with Gasteiger partial charge in [-0.3, -0.25) is 0 Å². The van der Waals surface area contributed by atoms with Crippen molar-refractivity contribution < 1.29 is 9.47 Å². The van der Waals surface area contributed by atoms with Crippen molar-refractivity contribution in [3.63, 3.8) is 0 Å². The highest BCUT2D eigenvalue weighted by Gasteiger charge is 2.15. The van der Waals surface area contributed by atoms with Crippen LogP contribution >= 0.6 is 35.3 Å². The number of benzene rings is 1. The molecule has 0 amide bonds. The molecule has 1 aliphatic heterocycles. The molecule has 1 aliphatic rings. The lowest BCUT2D eigenvalue weighted by Crippen LogP contribution is -2.28. The first-order valence-corrected chi connectivity index (χ1v) is 10.4. The van der Waals surface area contributed by atoms with E-state index in [1.165, 1.54) is 27.7 Å². The van der Waals surface area contributed by atoms with Gasteiger partial charge in [-0.2, -0.15) is 23.5 Å². The molecule has 0 aliphatic carbocycles. The molecule has 1 unspecified atom stereocenters. The summed E-state index contributed by atoms with van der Waals surface area (Å²) in [5.74, 6) is 5.44. The quantitative estimate of drug-likeness (QED) is 0.763. The summed E-state index contributed by atoms with van der Waals surface area (Å²) < 4.78 is 10.8. The second-order valence-corrected chi connectivity index (χ2v) is 8.12. The molecule has 1 fully saturated rings. The number of methoxy groups -OCH3 is 2. The molecule has 2 rings (SSSR count). The molecule has 0 aromatic heterocycles. The number of nitrogens with one attached hydrogen (secondary N) is 1. The Labute approximate surface area is 140 Å². The maximum Gasteiger partial charge on any atom is 0.161 e. The van der Waals surface area contributed by atoms with Crippen molar-refractivity contribution in [2.75, 3.05) is 44.3 Å². The Kier molecular flexibility index (Phi) is 7.43. The summed E-state index contributed by atoms with van der Waals surface area (Å²) in [7, 11) is 3.36. The summed E-state index contributed by atoms with van der Waals surface area (Å²) in [4.78, 5) is 1.24. The topological polar surface area (TPSA) is 30.5 Å². The largest absolute Gasteiger partial charge is 0.493 e. The Morgan fingerprint density at radius 1 is 1.24 bits per heavy atom. The fraction of sp³-hybridized carbons (Fsp3) is 0.600. The van der Waals surface area contributed by atoms with Gasteiger partial charge in [0.1, 0.15) is 0 Å². The number of hydrogen-bond donors (Lipinski definition) is 1. The van der Waals surface area contributed by atoms with Crippen LogP contribution in [0.5, 0.6) is 11.5 Å². The van der Waals surface area contributed by atoms with Gasteiger partial charge in [-0.05, 0) is 24.0 Å². The molecule has 0 spiro atoms. The molecule has 0 radical (unpaired) electrons. The molecule has 118 valence electrons. The Morgan fingerprint density at radius 3 is 2.62 bits per heavy atom. The summed E-state index contributed by atoms with van der Waals surface area (Å²) in [6.45, 7) is 1.94. The van der Waals surface area contributed by atoms with Crippen LogP contribution in [0.25, 0.3) is 0 Å². The first-order chi connectivity index (χ1) is 10.3. The van der Waals surface area contributed by atoms with Crippen molar-refractivity contribution in [3.05, 3.63) is 17.7 Å². The van der Waals surface area contributed by atoms with Crippen molar-refractivity contribution >= 4 is 35.3 Å². The zero-order valence-corrected chi connectivity index (χ0v) is 15.3. The second kappa shape index (κ2) is 9.08. The minimum absolute atomic E-state index is 0.738. The minimum atomic E-state index is 0.738. The molecule has 1 aromatic rings. The van der Waals surface area contributed by atoms with E-state index >= 15 is 0 Å². The maximum absolute atomic E-state index is 5.40. The van der Waals surface area contributed by atoms with Gasteiger partial charge in [0.15, 0.2) is 11.5 Å². The van der Waals surface area contributed by atoms with Gasteiger partial charge < -0.3 is 14.8 Å². The lowest BCUT2D eigenvalue weighted by atomic mass is 10.2. The second-order valence-electron chi connectivity index (χ2n) is 4.72. The van der Waals surface area contributed by atoms with Crippen molar-refractivity contribution in [3.8, 4) is 11.5 Å². The summed E-state index contributed by atoms with van der Waals surface area (Å²) >= 11 is 5.90. The third-order valence-electron chi connectivity index (χ3n) is 3.36. The maximum atomic E-state index is 5.40. The zero-order valence-electron chi connectivity index (χ0n) is 12.8. The fourth-order valence-corrected chi connectivity index (χ4v) is 5.52. The van der Waals surface area contributed by atoms with E-state index in [0.717, 1.165) is 29.8 Å². The Bertz CT molecular complexity index is 451. The Hall–Kier alpha value is -0.170. The molecular formula is C15H23NO2S3. The molecule has 0 saturated carbocycles. The van der Waals surface area contributed by atoms with Crippen LogP contribution in [0.3, 0.4) is 0 Å².